The zero-order valence-electron chi connectivity index (χ0n) is 15.7. The van der Waals surface area contributed by atoms with Crippen LogP contribution in [0, 0.1) is 0 Å². The van der Waals surface area contributed by atoms with Gasteiger partial charge in [0.1, 0.15) is 5.75 Å². The Hall–Kier alpha value is -3.93. The fourth-order valence-electron chi connectivity index (χ4n) is 3.24. The summed E-state index contributed by atoms with van der Waals surface area (Å²) in [6.07, 6.45) is 1.52. The standard InChI is InChI=1S/C23H18N2O4/c1-28-18-12-6-5-10-16(18)14-25-22(26)21-19(15-8-3-2-4-9-15)17-11-7-13-24-20(17)23(27)29-21/h2-13H,14H2,1H3,(H,25,26). The number of aromatic nitrogens is 1. The third kappa shape index (κ3) is 3.60. The summed E-state index contributed by atoms with van der Waals surface area (Å²) in [5.41, 5.74) is 1.65. The molecule has 0 aliphatic rings. The topological polar surface area (TPSA) is 81.4 Å². The minimum absolute atomic E-state index is 0.0448. The monoisotopic (exact) mass is 386 g/mol. The van der Waals surface area contributed by atoms with Gasteiger partial charge in [0.05, 0.1) is 7.11 Å². The molecule has 1 N–H and O–H groups in total. The fourth-order valence-corrected chi connectivity index (χ4v) is 3.24. The second-order valence-electron chi connectivity index (χ2n) is 6.35. The van der Waals surface area contributed by atoms with Crippen molar-refractivity contribution in [3.8, 4) is 16.9 Å². The molecular formula is C23H18N2O4. The molecule has 6 heteroatoms. The number of methoxy groups -OCH3 is 1. The van der Waals surface area contributed by atoms with Crippen LogP contribution < -0.4 is 15.7 Å². The number of pyridine rings is 1. The lowest BCUT2D eigenvalue weighted by Gasteiger charge is -2.12. The average molecular weight is 386 g/mol. The van der Waals surface area contributed by atoms with Crippen molar-refractivity contribution in [2.75, 3.05) is 7.11 Å². The Labute approximate surface area is 166 Å². The van der Waals surface area contributed by atoms with Crippen LogP contribution in [-0.4, -0.2) is 18.0 Å². The molecule has 1 amide bonds. The quantitative estimate of drug-likeness (QED) is 0.564. The molecule has 0 atom stereocenters. The van der Waals surface area contributed by atoms with E-state index in [4.69, 9.17) is 9.15 Å². The molecule has 0 radical (unpaired) electrons. The van der Waals surface area contributed by atoms with E-state index >= 15 is 0 Å². The van der Waals surface area contributed by atoms with E-state index in [1.807, 2.05) is 54.6 Å². The van der Waals surface area contributed by atoms with E-state index in [-0.39, 0.29) is 17.8 Å². The molecule has 0 spiro atoms. The van der Waals surface area contributed by atoms with Crippen molar-refractivity contribution in [1.82, 2.24) is 10.3 Å². The molecule has 0 aliphatic carbocycles. The number of hydrogen-bond donors (Lipinski definition) is 1. The van der Waals surface area contributed by atoms with Gasteiger partial charge in [0.2, 0.25) is 5.76 Å². The van der Waals surface area contributed by atoms with Gasteiger partial charge in [-0.15, -0.1) is 0 Å². The predicted molar refractivity (Wildman–Crippen MR) is 110 cm³/mol. The maximum Gasteiger partial charge on any atom is 0.363 e. The van der Waals surface area contributed by atoms with Gasteiger partial charge in [0.15, 0.2) is 5.52 Å². The van der Waals surface area contributed by atoms with E-state index in [0.29, 0.717) is 16.7 Å². The minimum atomic E-state index is -0.650. The molecule has 6 nitrogen and oxygen atoms in total. The van der Waals surface area contributed by atoms with E-state index < -0.39 is 11.5 Å². The molecule has 0 unspecified atom stereocenters. The Morgan fingerprint density at radius 3 is 2.59 bits per heavy atom. The molecule has 29 heavy (non-hydrogen) atoms. The number of carbonyl (C=O) groups is 1. The highest BCUT2D eigenvalue weighted by molar-refractivity contribution is 6.06. The van der Waals surface area contributed by atoms with Gasteiger partial charge in [-0.1, -0.05) is 54.6 Å². The van der Waals surface area contributed by atoms with Crippen molar-refractivity contribution >= 4 is 16.8 Å². The summed E-state index contributed by atoms with van der Waals surface area (Å²) in [5, 5.41) is 3.39. The summed E-state index contributed by atoms with van der Waals surface area (Å²) in [5.74, 6) is 0.134. The highest BCUT2D eigenvalue weighted by atomic mass is 16.5. The third-order valence-corrected chi connectivity index (χ3v) is 4.59. The zero-order chi connectivity index (χ0) is 20.2. The maximum atomic E-state index is 13.0. The number of carbonyl (C=O) groups excluding carboxylic acids is 1. The van der Waals surface area contributed by atoms with Gasteiger partial charge in [0.25, 0.3) is 5.91 Å². The second kappa shape index (κ2) is 7.98. The molecular weight excluding hydrogens is 368 g/mol. The van der Waals surface area contributed by atoms with Crippen LogP contribution in [0.1, 0.15) is 16.1 Å². The van der Waals surface area contributed by atoms with Crippen molar-refractivity contribution in [2.24, 2.45) is 0 Å². The summed E-state index contributed by atoms with van der Waals surface area (Å²) in [4.78, 5) is 29.6. The molecule has 0 aliphatic heterocycles. The molecule has 0 saturated carbocycles. The van der Waals surface area contributed by atoms with Crippen LogP contribution in [0.15, 0.2) is 82.1 Å². The smallest absolute Gasteiger partial charge is 0.363 e. The molecule has 144 valence electrons. The normalized spacial score (nSPS) is 10.7. The van der Waals surface area contributed by atoms with Crippen molar-refractivity contribution in [3.63, 3.8) is 0 Å². The molecule has 4 rings (SSSR count). The first-order valence-corrected chi connectivity index (χ1v) is 9.06. The van der Waals surface area contributed by atoms with Crippen LogP contribution in [0.2, 0.25) is 0 Å². The summed E-state index contributed by atoms with van der Waals surface area (Å²) >= 11 is 0. The Morgan fingerprint density at radius 1 is 1.03 bits per heavy atom. The number of rotatable bonds is 5. The molecule has 2 aromatic carbocycles. The molecule has 0 bridgehead atoms. The number of ether oxygens (including phenoxy) is 1. The van der Waals surface area contributed by atoms with E-state index in [0.717, 1.165) is 11.1 Å². The maximum absolute atomic E-state index is 13.0. The van der Waals surface area contributed by atoms with Gasteiger partial charge < -0.3 is 14.5 Å². The number of benzene rings is 2. The minimum Gasteiger partial charge on any atom is -0.496 e. The SMILES string of the molecule is COc1ccccc1CNC(=O)c1oc(=O)c2ncccc2c1-c1ccccc1. The number of hydrogen-bond acceptors (Lipinski definition) is 5. The molecule has 0 fully saturated rings. The van der Waals surface area contributed by atoms with Crippen molar-refractivity contribution in [1.29, 1.82) is 0 Å². The zero-order valence-corrected chi connectivity index (χ0v) is 15.7. The Bertz CT molecular complexity index is 1230. The second-order valence-corrected chi connectivity index (χ2v) is 6.35. The largest absolute Gasteiger partial charge is 0.496 e. The summed E-state index contributed by atoms with van der Waals surface area (Å²) < 4.78 is 10.7. The highest BCUT2D eigenvalue weighted by Gasteiger charge is 2.22. The van der Waals surface area contributed by atoms with Crippen molar-refractivity contribution < 1.29 is 13.9 Å². The molecule has 4 aromatic rings. The molecule has 0 saturated heterocycles. The summed E-state index contributed by atoms with van der Waals surface area (Å²) in [6.45, 7) is 0.228. The first-order chi connectivity index (χ1) is 14.2. The Morgan fingerprint density at radius 2 is 1.79 bits per heavy atom. The lowest BCUT2D eigenvalue weighted by atomic mass is 10.00. The van der Waals surface area contributed by atoms with Gasteiger partial charge in [-0.25, -0.2) is 9.78 Å². The van der Waals surface area contributed by atoms with E-state index in [1.54, 1.807) is 19.2 Å². The summed E-state index contributed by atoms with van der Waals surface area (Å²) in [7, 11) is 1.57. The van der Waals surface area contributed by atoms with Crippen LogP contribution >= 0.6 is 0 Å². The van der Waals surface area contributed by atoms with Crippen LogP contribution in [0.25, 0.3) is 22.0 Å². The van der Waals surface area contributed by atoms with Gasteiger partial charge in [0, 0.05) is 29.3 Å². The van der Waals surface area contributed by atoms with Crippen molar-refractivity contribution in [2.45, 2.75) is 6.54 Å². The van der Waals surface area contributed by atoms with Crippen LogP contribution in [0.4, 0.5) is 0 Å². The lowest BCUT2D eigenvalue weighted by molar-refractivity contribution is 0.0920. The van der Waals surface area contributed by atoms with Crippen molar-refractivity contribution in [3.05, 3.63) is 94.7 Å². The number of nitrogens with one attached hydrogen (secondary N) is 1. The summed E-state index contributed by atoms with van der Waals surface area (Å²) in [6, 6.07) is 20.2. The average Bonchev–Trinajstić information content (AvgIpc) is 2.78. The first kappa shape index (κ1) is 18.4. The number of nitrogens with zero attached hydrogens (tertiary/aromatic N) is 1. The first-order valence-electron chi connectivity index (χ1n) is 9.06. The van der Waals surface area contributed by atoms with Gasteiger partial charge in [-0.3, -0.25) is 4.79 Å². The van der Waals surface area contributed by atoms with Crippen LogP contribution in [-0.2, 0) is 6.54 Å². The molecule has 2 heterocycles. The predicted octanol–water partition coefficient (Wildman–Crippen LogP) is 3.79. The fraction of sp³-hybridized carbons (Fsp3) is 0.0870. The van der Waals surface area contributed by atoms with E-state index in [1.165, 1.54) is 6.20 Å². The highest BCUT2D eigenvalue weighted by Crippen LogP contribution is 2.30. The lowest BCUT2D eigenvalue weighted by Crippen LogP contribution is -2.25. The van der Waals surface area contributed by atoms with Gasteiger partial charge in [-0.2, -0.15) is 0 Å². The third-order valence-electron chi connectivity index (χ3n) is 4.59. The van der Waals surface area contributed by atoms with Crippen LogP contribution in [0.5, 0.6) is 5.75 Å². The van der Waals surface area contributed by atoms with Crippen LogP contribution in [0.3, 0.4) is 0 Å². The Kier molecular flexibility index (Phi) is 5.07. The van der Waals surface area contributed by atoms with Gasteiger partial charge in [-0.05, 0) is 17.7 Å². The number of amides is 1. The van der Waals surface area contributed by atoms with Gasteiger partial charge >= 0.3 is 5.63 Å². The van der Waals surface area contributed by atoms with E-state index in [9.17, 15) is 9.59 Å². The molecule has 2 aromatic heterocycles. The number of fused-ring (bicyclic) bond motifs is 1. The Balaban J connectivity index is 1.79. The van der Waals surface area contributed by atoms with E-state index in [2.05, 4.69) is 10.3 Å². The number of para-hydroxylation sites is 1.